The maximum atomic E-state index is 12.8. The zero-order valence-electron chi connectivity index (χ0n) is 13.9. The molecule has 1 amide bonds. The van der Waals surface area contributed by atoms with Gasteiger partial charge in [-0.1, -0.05) is 0 Å². The molecule has 0 saturated heterocycles. The first-order valence-electron chi connectivity index (χ1n) is 7.44. The molecule has 3 aromatic rings. The number of aryl methyl sites for hydroxylation is 1. The van der Waals surface area contributed by atoms with Crippen molar-refractivity contribution in [1.82, 2.24) is 4.98 Å². The van der Waals surface area contributed by atoms with Crippen LogP contribution in [0, 0.1) is 6.92 Å². The van der Waals surface area contributed by atoms with Crippen molar-refractivity contribution < 1.29 is 14.3 Å². The lowest BCUT2D eigenvalue weighted by Crippen LogP contribution is -2.12. The van der Waals surface area contributed by atoms with Gasteiger partial charge in [0.15, 0.2) is 11.5 Å². The quantitative estimate of drug-likeness (QED) is 0.549. The van der Waals surface area contributed by atoms with E-state index < -0.39 is 0 Å². The molecule has 2 N–H and O–H groups in total. The molecule has 7 heteroatoms. The molecule has 0 bridgehead atoms. The first-order valence-corrected chi connectivity index (χ1v) is 9.03. The molecule has 130 valence electrons. The molecule has 0 saturated carbocycles. The first-order chi connectivity index (χ1) is 11.9. The largest absolute Gasteiger partial charge is 0.493 e. The summed E-state index contributed by atoms with van der Waals surface area (Å²) in [6.07, 6.45) is 1.70. The number of benzene rings is 2. The Hall–Kier alpha value is -1.99. The summed E-state index contributed by atoms with van der Waals surface area (Å²) in [5.74, 6) is 0.990. The molecule has 2 aromatic carbocycles. The van der Waals surface area contributed by atoms with E-state index in [1.54, 1.807) is 26.5 Å². The molecule has 0 aliphatic carbocycles. The Morgan fingerprint density at radius 2 is 1.68 bits per heavy atom. The van der Waals surface area contributed by atoms with Crippen molar-refractivity contribution in [3.8, 4) is 11.5 Å². The summed E-state index contributed by atoms with van der Waals surface area (Å²) < 4.78 is 12.4. The molecule has 0 unspecified atom stereocenters. The van der Waals surface area contributed by atoms with Crippen LogP contribution >= 0.6 is 31.9 Å². The van der Waals surface area contributed by atoms with Crippen LogP contribution in [-0.2, 0) is 0 Å². The highest BCUT2D eigenvalue weighted by Crippen LogP contribution is 2.34. The smallest absolute Gasteiger partial charge is 0.257 e. The van der Waals surface area contributed by atoms with Gasteiger partial charge in [0.2, 0.25) is 0 Å². The third-order valence-corrected chi connectivity index (χ3v) is 5.79. The Labute approximate surface area is 162 Å². The molecule has 3 rings (SSSR count). The van der Waals surface area contributed by atoms with Crippen LogP contribution in [0.4, 0.5) is 5.69 Å². The SMILES string of the molecule is COc1cc(C)c(NC(=O)c2c[nH]c3cc(Br)c(Br)cc23)cc1OC. The highest BCUT2D eigenvalue weighted by molar-refractivity contribution is 9.13. The van der Waals surface area contributed by atoms with E-state index >= 15 is 0 Å². The maximum absolute atomic E-state index is 12.8. The van der Waals surface area contributed by atoms with Crippen molar-refractivity contribution in [1.29, 1.82) is 0 Å². The normalized spacial score (nSPS) is 10.8. The molecule has 0 aliphatic rings. The van der Waals surface area contributed by atoms with Gasteiger partial charge in [0.1, 0.15) is 0 Å². The number of nitrogens with one attached hydrogen (secondary N) is 2. The third kappa shape index (κ3) is 3.39. The van der Waals surface area contributed by atoms with E-state index in [-0.39, 0.29) is 5.91 Å². The van der Waals surface area contributed by atoms with Crippen molar-refractivity contribution in [2.75, 3.05) is 19.5 Å². The number of carbonyl (C=O) groups is 1. The van der Waals surface area contributed by atoms with Crippen LogP contribution in [0.5, 0.6) is 11.5 Å². The van der Waals surface area contributed by atoms with E-state index in [1.807, 2.05) is 25.1 Å². The van der Waals surface area contributed by atoms with Gasteiger partial charge in [-0.25, -0.2) is 0 Å². The van der Waals surface area contributed by atoms with E-state index in [0.29, 0.717) is 22.7 Å². The van der Waals surface area contributed by atoms with Crippen LogP contribution in [0.25, 0.3) is 10.9 Å². The summed E-state index contributed by atoms with van der Waals surface area (Å²) in [5, 5.41) is 3.78. The number of ether oxygens (including phenoxy) is 2. The lowest BCUT2D eigenvalue weighted by Gasteiger charge is -2.13. The van der Waals surface area contributed by atoms with Crippen molar-refractivity contribution in [2.45, 2.75) is 6.92 Å². The third-order valence-electron chi connectivity index (χ3n) is 3.95. The van der Waals surface area contributed by atoms with Crippen molar-refractivity contribution in [3.63, 3.8) is 0 Å². The summed E-state index contributed by atoms with van der Waals surface area (Å²) in [5.41, 5.74) is 3.00. The molecule has 0 spiro atoms. The monoisotopic (exact) mass is 466 g/mol. The van der Waals surface area contributed by atoms with Gasteiger partial charge in [0.25, 0.3) is 5.91 Å². The van der Waals surface area contributed by atoms with E-state index in [1.165, 1.54) is 0 Å². The van der Waals surface area contributed by atoms with Crippen LogP contribution in [-0.4, -0.2) is 25.1 Å². The van der Waals surface area contributed by atoms with Crippen LogP contribution < -0.4 is 14.8 Å². The second-order valence-electron chi connectivity index (χ2n) is 5.49. The molecule has 0 aliphatic heterocycles. The van der Waals surface area contributed by atoms with E-state index in [2.05, 4.69) is 42.2 Å². The summed E-state index contributed by atoms with van der Waals surface area (Å²) in [6, 6.07) is 7.43. The molecular weight excluding hydrogens is 452 g/mol. The molecule has 1 heterocycles. The van der Waals surface area contributed by atoms with E-state index in [0.717, 1.165) is 25.4 Å². The summed E-state index contributed by atoms with van der Waals surface area (Å²) in [4.78, 5) is 15.9. The van der Waals surface area contributed by atoms with Crippen molar-refractivity contribution >= 4 is 54.4 Å². The summed E-state index contributed by atoms with van der Waals surface area (Å²) >= 11 is 6.94. The number of hydrogen-bond acceptors (Lipinski definition) is 3. The molecule has 0 fully saturated rings. The Bertz CT molecular complexity index is 967. The second-order valence-corrected chi connectivity index (χ2v) is 7.20. The molecule has 0 radical (unpaired) electrons. The van der Waals surface area contributed by atoms with Crippen molar-refractivity contribution in [3.05, 3.63) is 50.5 Å². The van der Waals surface area contributed by atoms with Gasteiger partial charge in [0.05, 0.1) is 19.8 Å². The van der Waals surface area contributed by atoms with Gasteiger partial charge in [0, 0.05) is 37.8 Å². The van der Waals surface area contributed by atoms with E-state index in [9.17, 15) is 4.79 Å². The van der Waals surface area contributed by atoms with Gasteiger partial charge in [-0.2, -0.15) is 0 Å². The minimum atomic E-state index is -0.198. The zero-order chi connectivity index (χ0) is 18.1. The number of methoxy groups -OCH3 is 2. The highest BCUT2D eigenvalue weighted by Gasteiger charge is 2.16. The number of fused-ring (bicyclic) bond motifs is 1. The fourth-order valence-electron chi connectivity index (χ4n) is 2.61. The fraction of sp³-hybridized carbons (Fsp3) is 0.167. The number of amides is 1. The number of aromatic nitrogens is 1. The molecule has 1 aromatic heterocycles. The molecule has 5 nitrogen and oxygen atoms in total. The van der Waals surface area contributed by atoms with Crippen LogP contribution in [0.15, 0.2) is 39.4 Å². The minimum Gasteiger partial charge on any atom is -0.493 e. The molecule has 25 heavy (non-hydrogen) atoms. The zero-order valence-corrected chi connectivity index (χ0v) is 17.0. The number of hydrogen-bond donors (Lipinski definition) is 2. The van der Waals surface area contributed by atoms with Gasteiger partial charge in [-0.05, 0) is 62.5 Å². The lowest BCUT2D eigenvalue weighted by molar-refractivity contribution is 0.102. The van der Waals surface area contributed by atoms with Gasteiger partial charge < -0.3 is 19.8 Å². The Morgan fingerprint density at radius 1 is 1.04 bits per heavy atom. The maximum Gasteiger partial charge on any atom is 0.257 e. The van der Waals surface area contributed by atoms with Gasteiger partial charge in [-0.3, -0.25) is 4.79 Å². The fourth-order valence-corrected chi connectivity index (χ4v) is 3.30. The van der Waals surface area contributed by atoms with Crippen LogP contribution in [0.1, 0.15) is 15.9 Å². The first kappa shape index (κ1) is 17.8. The number of halogens is 2. The summed E-state index contributed by atoms with van der Waals surface area (Å²) in [7, 11) is 3.14. The predicted molar refractivity (Wildman–Crippen MR) is 106 cm³/mol. The highest BCUT2D eigenvalue weighted by atomic mass is 79.9. The average Bonchev–Trinajstić information content (AvgIpc) is 2.99. The number of anilines is 1. The summed E-state index contributed by atoms with van der Waals surface area (Å²) in [6.45, 7) is 1.90. The standard InChI is InChI=1S/C18H16Br2N2O3/c1-9-4-16(24-2)17(25-3)7-14(9)22-18(23)11-8-21-15-6-13(20)12(19)5-10(11)15/h4-8,21H,1-3H3,(H,22,23). The Balaban J connectivity index is 1.97. The number of rotatable bonds is 4. The van der Waals surface area contributed by atoms with Crippen LogP contribution in [0.3, 0.4) is 0 Å². The average molecular weight is 468 g/mol. The lowest BCUT2D eigenvalue weighted by atomic mass is 10.1. The number of H-pyrrole nitrogens is 1. The van der Waals surface area contributed by atoms with Gasteiger partial charge in [-0.15, -0.1) is 0 Å². The van der Waals surface area contributed by atoms with E-state index in [4.69, 9.17) is 9.47 Å². The topological polar surface area (TPSA) is 63.3 Å². The minimum absolute atomic E-state index is 0.198. The number of carbonyl (C=O) groups excluding carboxylic acids is 1. The Kier molecular flexibility index (Phi) is 5.06. The second kappa shape index (κ2) is 7.09. The molecule has 0 atom stereocenters. The van der Waals surface area contributed by atoms with Crippen LogP contribution in [0.2, 0.25) is 0 Å². The van der Waals surface area contributed by atoms with Gasteiger partial charge >= 0.3 is 0 Å². The Morgan fingerprint density at radius 3 is 2.36 bits per heavy atom. The number of aromatic amines is 1. The van der Waals surface area contributed by atoms with Crippen molar-refractivity contribution in [2.24, 2.45) is 0 Å². The molecular formula is C18H16Br2N2O3. The predicted octanol–water partition coefficient (Wildman–Crippen LogP) is 5.27.